The van der Waals surface area contributed by atoms with Crippen LogP contribution in [0.15, 0.2) is 32.9 Å². The first-order valence-corrected chi connectivity index (χ1v) is 40.2. The molecule has 0 spiro atoms. The Morgan fingerprint density at radius 2 is 1.05 bits per heavy atom. The minimum absolute atomic E-state index is 0. The van der Waals surface area contributed by atoms with Crippen LogP contribution in [0.4, 0.5) is 9.59 Å². The van der Waals surface area contributed by atoms with Gasteiger partial charge >= 0.3 is 53.7 Å². The molecule has 635 valence electrons. The van der Waals surface area contributed by atoms with Gasteiger partial charge in [-0.1, -0.05) is 37.9 Å². The summed E-state index contributed by atoms with van der Waals surface area (Å²) in [4.78, 5) is 74.9. The Morgan fingerprint density at radius 3 is 1.39 bits per heavy atom. The number of aliphatic hydroxyl groups excluding tert-OH is 2. The van der Waals surface area contributed by atoms with Gasteiger partial charge in [-0.05, 0) is 185 Å². The summed E-state index contributed by atoms with van der Waals surface area (Å²) < 4.78 is 97.2. The minimum atomic E-state index is -1.18. The molecule has 6 aliphatic heterocycles. The van der Waals surface area contributed by atoms with Crippen LogP contribution < -0.4 is 40.6 Å². The van der Waals surface area contributed by atoms with Gasteiger partial charge in [-0.2, -0.15) is 0 Å². The van der Waals surface area contributed by atoms with Crippen LogP contribution >= 0.6 is 16.9 Å². The number of esters is 2. The number of hydrogen-bond acceptors (Lipinski definition) is 28. The molecule has 5 N–H and O–H groups in total. The monoisotopic (exact) mass is 1640 g/mol. The van der Waals surface area contributed by atoms with E-state index in [2.05, 4.69) is 32.3 Å². The molecule has 4 saturated heterocycles. The van der Waals surface area contributed by atoms with Gasteiger partial charge in [0, 0.05) is 129 Å². The van der Waals surface area contributed by atoms with Crippen molar-refractivity contribution in [3.8, 4) is 0 Å². The van der Waals surface area contributed by atoms with Crippen molar-refractivity contribution in [2.75, 3.05) is 75.1 Å². The number of hydrogen-bond donors (Lipinski definition) is 4. The number of azide groups is 2. The zero-order valence-electron chi connectivity index (χ0n) is 71.6. The Balaban J connectivity index is 0.000000921. The molecule has 3 radical (unpaired) electrons. The van der Waals surface area contributed by atoms with Gasteiger partial charge in [-0.25, -0.2) is 19.2 Å². The molecular weight excluding hydrogens is 1510 g/mol. The molecule has 6 rings (SSSR count). The first kappa shape index (κ1) is 106. The third-order valence-electron chi connectivity index (χ3n) is 21.7. The molecular formula is C75H130BN13NaO21P2. The van der Waals surface area contributed by atoms with E-state index in [4.69, 9.17) is 85.5 Å². The molecule has 6 unspecified atom stereocenters. The third kappa shape index (κ3) is 29.0. The molecule has 0 aromatic carbocycles. The van der Waals surface area contributed by atoms with Crippen molar-refractivity contribution >= 4 is 55.7 Å². The quantitative estimate of drug-likeness (QED) is 0.00429. The molecule has 0 aromatic rings. The largest absolute Gasteiger partial charge is 1.00 e. The van der Waals surface area contributed by atoms with E-state index in [9.17, 15) is 43.3 Å². The van der Waals surface area contributed by atoms with Crippen LogP contribution in [0.25, 0.3) is 20.9 Å². The Labute approximate surface area is 697 Å². The van der Waals surface area contributed by atoms with Gasteiger partial charge in [0.1, 0.15) is 29.1 Å². The maximum absolute atomic E-state index is 13.2. The predicted molar refractivity (Wildman–Crippen MR) is 419 cm³/mol. The van der Waals surface area contributed by atoms with Crippen molar-refractivity contribution in [1.82, 2.24) is 24.9 Å². The zero-order chi connectivity index (χ0) is 84.5. The zero-order valence-corrected chi connectivity index (χ0v) is 75.4. The van der Waals surface area contributed by atoms with E-state index >= 15 is 0 Å². The average molecular weight is 1650 g/mol. The second-order valence-electron chi connectivity index (χ2n) is 32.2. The number of carbonyl (C=O) groups excluding carboxylic acids is 5. The van der Waals surface area contributed by atoms with Crippen molar-refractivity contribution in [3.63, 3.8) is 0 Å². The fourth-order valence-corrected chi connectivity index (χ4v) is 17.1. The second-order valence-corrected chi connectivity index (χ2v) is 33.8. The number of nitrogens with zero attached hydrogens (tertiary/aromatic N) is 11. The number of cyclic esters (lactones) is 4. The molecule has 0 aliphatic carbocycles. The number of rotatable bonds is 40. The molecule has 6 aliphatic rings. The predicted octanol–water partition coefficient (Wildman–Crippen LogP) is 8.12. The minimum Gasteiger partial charge on any atom is -0.512 e. The standard InChI is InChI=1S/C37H65N6O10P.C24H40NO8P.C13H25N5O3.CN.B.Na/c1-13-28(44)37(9)31(43(34(46)53-37)17-15-14-16-40-41-38)25(5)39-21-22(2)20-36(8,48-12)29(19-27-24(4)32(45)52-35(6,7)51-27)50-33-30(54-47)26(42(10)11)18-23(3)49-33;1-14(13-26)12-24(6,29-9)19(11-18-16(3)21(27)33-23(4,5)32-18)31-22-20(34-28)17(25(7)8)10-15(2)30-22;1-4-10(19)13(3)11(9(2)14)18(12(20)21-13)8-6-5-7-16-17-15;1-2;;/h22-23,25-26,28-31,33,39,44H,13-21H2,1-12H3;13-15,17,19-20,22H,10-12H2,1-9H3;9-11,19H,4-8,14H2,1-3H3;;;/q;;;-1;;+1/t22-,23?,25-,26?,28-,29-,30?,31-,33+,36+,37-;14-,15?,17?,19-,20?,22+,24+;9-,10-,11-,13-;;;/m111.../s1. The van der Waals surface area contributed by atoms with Crippen LogP contribution in [0.1, 0.15) is 202 Å². The summed E-state index contributed by atoms with van der Waals surface area (Å²) in [6.07, 6.45) is 1.13. The molecule has 4 fully saturated rings. The van der Waals surface area contributed by atoms with Crippen LogP contribution in [0.3, 0.4) is 0 Å². The number of ether oxygens (including phenoxy) is 12. The Kier molecular flexibility index (Phi) is 45.3. The first-order chi connectivity index (χ1) is 51.9. The maximum atomic E-state index is 13.2. The molecule has 2 amide bonds. The van der Waals surface area contributed by atoms with Crippen LogP contribution in [-0.2, 0) is 80.4 Å². The van der Waals surface area contributed by atoms with Crippen molar-refractivity contribution in [2.24, 2.45) is 27.8 Å². The number of nitrogens with one attached hydrogen (secondary N) is 1. The summed E-state index contributed by atoms with van der Waals surface area (Å²) in [5, 5.41) is 38.2. The summed E-state index contributed by atoms with van der Waals surface area (Å²) in [6.45, 7) is 39.5. The van der Waals surface area contributed by atoms with E-state index in [0.29, 0.717) is 120 Å². The number of methoxy groups -OCH3 is 2. The molecule has 6 heterocycles. The smallest absolute Gasteiger partial charge is 0.512 e. The van der Waals surface area contributed by atoms with Gasteiger partial charge in [-0.3, -0.25) is 18.9 Å². The summed E-state index contributed by atoms with van der Waals surface area (Å²) in [5.74, 6) is -2.71. The SMILES string of the molecule is CC[C@@H](O)[C@@]1(C)OC(=O)N(CCCCN=[N+]=[N-])[C@@H]1[C@@H](C)N.CC[C@@H](O)[C@@]1(C)OC(=O)N(CCCCN=[N+]=[N-])[C@@H]1[C@@H](C)NC[C@H](C)C[C@](C)(OC)[C@@H](CC1=C(C)C(=O)OC(C)(C)O1)O[C@@H]1OC(C)CC(N(C)C)C1P=O.CO[C@@](C)(C[C@@H](C)C=O)[C@@H](CC1=C(C)C(=O)OC(C)(C)O1)O[C@@H]1OC(C)CC(N(C)C)C1P=O.[B].[C-]#N.[Na+]. The molecule has 113 heavy (non-hydrogen) atoms. The van der Waals surface area contributed by atoms with Gasteiger partial charge in [0.15, 0.2) is 40.7 Å². The van der Waals surface area contributed by atoms with E-state index in [1.807, 2.05) is 93.4 Å². The second kappa shape index (κ2) is 48.3. The van der Waals surface area contributed by atoms with Gasteiger partial charge in [0.05, 0.1) is 71.1 Å². The van der Waals surface area contributed by atoms with Gasteiger partial charge < -0.3 is 105 Å². The first-order valence-electron chi connectivity index (χ1n) is 38.4. The third-order valence-corrected chi connectivity index (χ3v) is 23.4. The van der Waals surface area contributed by atoms with Crippen LogP contribution in [0.2, 0.25) is 0 Å². The Hall–Kier alpha value is -4.88. The van der Waals surface area contributed by atoms with Crippen molar-refractivity contribution < 1.29 is 130 Å². The van der Waals surface area contributed by atoms with Crippen LogP contribution in [-0.4, -0.2) is 275 Å². The van der Waals surface area contributed by atoms with Crippen LogP contribution in [0.5, 0.6) is 0 Å². The van der Waals surface area contributed by atoms with E-state index in [1.165, 1.54) is 0 Å². The number of aldehydes is 1. The molecule has 22 atom stereocenters. The molecule has 0 aromatic heterocycles. The van der Waals surface area contributed by atoms with Crippen molar-refractivity contribution in [3.05, 3.63) is 50.1 Å². The molecule has 0 bridgehead atoms. The van der Waals surface area contributed by atoms with Crippen molar-refractivity contribution in [1.29, 1.82) is 5.26 Å². The van der Waals surface area contributed by atoms with Crippen molar-refractivity contribution in [2.45, 2.75) is 332 Å². The van der Waals surface area contributed by atoms with Crippen LogP contribution in [0, 0.1) is 23.7 Å². The van der Waals surface area contributed by atoms with Gasteiger partial charge in [-0.15, -0.1) is 0 Å². The van der Waals surface area contributed by atoms with E-state index < -0.39 is 112 Å². The Bertz CT molecular complexity index is 3250. The summed E-state index contributed by atoms with van der Waals surface area (Å²) in [5.41, 5.74) is 18.6. The summed E-state index contributed by atoms with van der Waals surface area (Å²) in [7, 11) is 10.8. The average Bonchev–Trinajstić information content (AvgIpc) is 1.58. The Morgan fingerprint density at radius 1 is 0.681 bits per heavy atom. The molecule has 34 nitrogen and oxygen atoms in total. The van der Waals surface area contributed by atoms with E-state index in [-0.39, 0.29) is 122 Å². The number of amides is 2. The number of carbonyl (C=O) groups is 5. The fourth-order valence-electron chi connectivity index (χ4n) is 15.5. The normalized spacial score (nSPS) is 29.1. The number of aliphatic hydroxyl groups is 2. The summed E-state index contributed by atoms with van der Waals surface area (Å²) in [6, 6.07) is -1.53. The van der Waals surface area contributed by atoms with E-state index in [0.717, 1.165) is 6.29 Å². The number of nitrogens with two attached hydrogens (primary N) is 1. The topological polar surface area (TPSA) is 443 Å². The van der Waals surface area contributed by atoms with Gasteiger partial charge in [0.2, 0.25) is 11.6 Å². The molecule has 38 heteroatoms. The maximum Gasteiger partial charge on any atom is 1.00 e. The van der Waals surface area contributed by atoms with E-state index in [1.54, 1.807) is 86.3 Å². The number of unbranched alkanes of at least 4 members (excludes halogenated alkanes) is 2. The summed E-state index contributed by atoms with van der Waals surface area (Å²) >= 11 is 0. The molecule has 0 saturated carbocycles. The van der Waals surface area contributed by atoms with Gasteiger partial charge in [0.25, 0.3) is 0 Å². The fraction of sp³-hybridized carbons (Fsp3) is 0.867.